The lowest BCUT2D eigenvalue weighted by Crippen LogP contribution is -2.23. The monoisotopic (exact) mass is 309 g/mol. The second kappa shape index (κ2) is 4.66. The molecule has 1 heterocycles. The van der Waals surface area contributed by atoms with Gasteiger partial charge in [0.25, 0.3) is 5.56 Å². The lowest BCUT2D eigenvalue weighted by atomic mass is 10.2. The molecular formula is C12H8BrNO4. The van der Waals surface area contributed by atoms with Crippen molar-refractivity contribution in [2.45, 2.75) is 0 Å². The molecule has 0 spiro atoms. The summed E-state index contributed by atoms with van der Waals surface area (Å²) in [6, 6.07) is 8.66. The van der Waals surface area contributed by atoms with E-state index in [4.69, 9.17) is 5.11 Å². The number of carbonyl (C=O) groups is 1. The molecule has 0 fully saturated rings. The number of rotatable bonds is 2. The summed E-state index contributed by atoms with van der Waals surface area (Å²) >= 11 is 3.25. The Morgan fingerprint density at radius 3 is 2.56 bits per heavy atom. The molecule has 2 aromatic rings. The van der Waals surface area contributed by atoms with E-state index in [0.29, 0.717) is 5.69 Å². The van der Waals surface area contributed by atoms with Gasteiger partial charge in [-0.3, -0.25) is 9.36 Å². The van der Waals surface area contributed by atoms with Crippen molar-refractivity contribution in [1.29, 1.82) is 0 Å². The van der Waals surface area contributed by atoms with Gasteiger partial charge in [0.1, 0.15) is 11.4 Å². The number of aromatic nitrogens is 1. The zero-order valence-electron chi connectivity index (χ0n) is 9.00. The van der Waals surface area contributed by atoms with E-state index in [0.717, 1.165) is 21.2 Å². The summed E-state index contributed by atoms with van der Waals surface area (Å²) in [5.74, 6) is -1.66. The smallest absolute Gasteiger partial charge is 0.353 e. The maximum Gasteiger partial charge on any atom is 0.353 e. The third kappa shape index (κ3) is 2.28. The van der Waals surface area contributed by atoms with Crippen LogP contribution in [0.5, 0.6) is 5.75 Å². The predicted molar refractivity (Wildman–Crippen MR) is 68.4 cm³/mol. The average Bonchev–Trinajstić information content (AvgIpc) is 2.27. The van der Waals surface area contributed by atoms with E-state index >= 15 is 0 Å². The minimum atomic E-state index is -1.29. The molecule has 6 heteroatoms. The number of benzene rings is 1. The lowest BCUT2D eigenvalue weighted by molar-refractivity contribution is 0.0686. The Balaban J connectivity index is 2.78. The van der Waals surface area contributed by atoms with E-state index in [1.165, 1.54) is 0 Å². The molecule has 5 nitrogen and oxygen atoms in total. The van der Waals surface area contributed by atoms with Crippen LogP contribution in [0.25, 0.3) is 5.69 Å². The van der Waals surface area contributed by atoms with Gasteiger partial charge in [-0.25, -0.2) is 4.79 Å². The normalized spacial score (nSPS) is 10.3. The minimum absolute atomic E-state index is 0.293. The van der Waals surface area contributed by atoms with Crippen LogP contribution in [-0.4, -0.2) is 20.7 Å². The van der Waals surface area contributed by atoms with Crippen LogP contribution in [-0.2, 0) is 0 Å². The molecule has 1 aromatic heterocycles. The Bertz CT molecular complexity index is 678. The summed E-state index contributed by atoms with van der Waals surface area (Å²) < 4.78 is 1.74. The number of nitrogens with zero attached hydrogens (tertiary/aromatic N) is 1. The topological polar surface area (TPSA) is 79.5 Å². The molecule has 2 N–H and O–H groups in total. The molecule has 18 heavy (non-hydrogen) atoms. The van der Waals surface area contributed by atoms with Crippen molar-refractivity contribution in [3.63, 3.8) is 0 Å². The van der Waals surface area contributed by atoms with Gasteiger partial charge in [0, 0.05) is 16.6 Å². The van der Waals surface area contributed by atoms with Crippen LogP contribution in [0.4, 0.5) is 0 Å². The van der Waals surface area contributed by atoms with E-state index in [-0.39, 0.29) is 11.4 Å². The van der Waals surface area contributed by atoms with Crippen LogP contribution in [0.2, 0.25) is 0 Å². The molecule has 0 aliphatic rings. The van der Waals surface area contributed by atoms with Crippen LogP contribution in [0.15, 0.2) is 45.7 Å². The standard InChI is InChI=1S/C12H8BrNO4/c13-7-2-1-3-8(4-7)14-10(12(17)18)5-9(15)6-11(14)16/h1-6,15H,(H,17,18). The predicted octanol–water partition coefficient (Wildman–Crippen LogP) is 2.00. The third-order valence-electron chi connectivity index (χ3n) is 2.30. The number of carboxylic acid groups (broad SMARTS) is 1. The first-order chi connectivity index (χ1) is 8.49. The Morgan fingerprint density at radius 1 is 1.22 bits per heavy atom. The molecule has 0 amide bonds. The molecule has 2 rings (SSSR count). The number of hydrogen-bond donors (Lipinski definition) is 2. The largest absolute Gasteiger partial charge is 0.508 e. The highest BCUT2D eigenvalue weighted by Crippen LogP contribution is 2.17. The molecule has 0 aliphatic heterocycles. The third-order valence-corrected chi connectivity index (χ3v) is 2.80. The molecule has 0 aliphatic carbocycles. The van der Waals surface area contributed by atoms with E-state index in [1.54, 1.807) is 24.3 Å². The van der Waals surface area contributed by atoms with Crippen LogP contribution in [0, 0.1) is 0 Å². The molecule has 0 radical (unpaired) electrons. The fourth-order valence-electron chi connectivity index (χ4n) is 1.59. The van der Waals surface area contributed by atoms with Gasteiger partial charge in [0.05, 0.1) is 5.69 Å². The summed E-state index contributed by atoms with van der Waals surface area (Å²) in [6.07, 6.45) is 0. The van der Waals surface area contributed by atoms with E-state index in [1.807, 2.05) is 0 Å². The first kappa shape index (κ1) is 12.4. The first-order valence-corrected chi connectivity index (χ1v) is 5.73. The highest BCUT2D eigenvalue weighted by Gasteiger charge is 2.14. The fourth-order valence-corrected chi connectivity index (χ4v) is 1.98. The Labute approximate surface area is 110 Å². The summed E-state index contributed by atoms with van der Waals surface area (Å²) in [6.45, 7) is 0. The number of aromatic hydroxyl groups is 1. The molecule has 0 saturated heterocycles. The summed E-state index contributed by atoms with van der Waals surface area (Å²) in [4.78, 5) is 22.9. The zero-order chi connectivity index (χ0) is 13.3. The molecule has 1 aromatic carbocycles. The molecule has 0 bridgehead atoms. The minimum Gasteiger partial charge on any atom is -0.508 e. The van der Waals surface area contributed by atoms with Gasteiger partial charge in [0.15, 0.2) is 0 Å². The first-order valence-electron chi connectivity index (χ1n) is 4.94. The number of carboxylic acids is 1. The van der Waals surface area contributed by atoms with Crippen LogP contribution < -0.4 is 5.56 Å². The second-order valence-electron chi connectivity index (χ2n) is 3.56. The van der Waals surface area contributed by atoms with Crippen molar-refractivity contribution >= 4 is 21.9 Å². The quantitative estimate of drug-likeness (QED) is 0.889. The van der Waals surface area contributed by atoms with Gasteiger partial charge < -0.3 is 10.2 Å². The maximum absolute atomic E-state index is 11.8. The summed E-state index contributed by atoms with van der Waals surface area (Å²) in [5.41, 5.74) is -0.490. The van der Waals surface area contributed by atoms with E-state index in [2.05, 4.69) is 15.9 Å². The summed E-state index contributed by atoms with van der Waals surface area (Å²) in [5, 5.41) is 18.3. The Hall–Kier alpha value is -2.08. The molecule has 92 valence electrons. The van der Waals surface area contributed by atoms with Gasteiger partial charge in [-0.05, 0) is 18.2 Å². The average molecular weight is 310 g/mol. The van der Waals surface area contributed by atoms with Crippen molar-refractivity contribution in [3.8, 4) is 11.4 Å². The van der Waals surface area contributed by atoms with Crippen molar-refractivity contribution in [2.75, 3.05) is 0 Å². The Morgan fingerprint density at radius 2 is 1.94 bits per heavy atom. The maximum atomic E-state index is 11.8. The number of halogens is 1. The number of pyridine rings is 1. The number of aromatic carboxylic acids is 1. The molecule has 0 atom stereocenters. The lowest BCUT2D eigenvalue weighted by Gasteiger charge is -2.10. The van der Waals surface area contributed by atoms with Gasteiger partial charge in [-0.2, -0.15) is 0 Å². The SMILES string of the molecule is O=C(O)c1cc(O)cc(=O)n1-c1cccc(Br)c1. The Kier molecular flexibility index (Phi) is 3.20. The molecule has 0 saturated carbocycles. The van der Waals surface area contributed by atoms with Crippen molar-refractivity contribution in [3.05, 3.63) is 56.9 Å². The van der Waals surface area contributed by atoms with Crippen molar-refractivity contribution < 1.29 is 15.0 Å². The fraction of sp³-hybridized carbons (Fsp3) is 0. The highest BCUT2D eigenvalue weighted by molar-refractivity contribution is 9.10. The van der Waals surface area contributed by atoms with E-state index < -0.39 is 11.5 Å². The molecular weight excluding hydrogens is 302 g/mol. The van der Waals surface area contributed by atoms with Gasteiger partial charge in [0.2, 0.25) is 0 Å². The second-order valence-corrected chi connectivity index (χ2v) is 4.47. The van der Waals surface area contributed by atoms with Gasteiger partial charge >= 0.3 is 5.97 Å². The van der Waals surface area contributed by atoms with Crippen LogP contribution in [0.1, 0.15) is 10.5 Å². The van der Waals surface area contributed by atoms with Gasteiger partial charge in [-0.1, -0.05) is 22.0 Å². The van der Waals surface area contributed by atoms with Crippen LogP contribution in [0.3, 0.4) is 0 Å². The van der Waals surface area contributed by atoms with Crippen LogP contribution >= 0.6 is 15.9 Å². The molecule has 0 unspecified atom stereocenters. The van der Waals surface area contributed by atoms with Crippen molar-refractivity contribution in [2.24, 2.45) is 0 Å². The van der Waals surface area contributed by atoms with Gasteiger partial charge in [-0.15, -0.1) is 0 Å². The zero-order valence-corrected chi connectivity index (χ0v) is 10.6. The summed E-state index contributed by atoms with van der Waals surface area (Å²) in [7, 11) is 0. The van der Waals surface area contributed by atoms with Crippen molar-refractivity contribution in [1.82, 2.24) is 4.57 Å². The number of hydrogen-bond acceptors (Lipinski definition) is 3. The van der Waals surface area contributed by atoms with E-state index in [9.17, 15) is 14.7 Å². The highest BCUT2D eigenvalue weighted by atomic mass is 79.9.